The van der Waals surface area contributed by atoms with Gasteiger partial charge in [0.05, 0.1) is 5.54 Å². The van der Waals surface area contributed by atoms with Crippen molar-refractivity contribution in [3.63, 3.8) is 0 Å². The highest BCUT2D eigenvalue weighted by Crippen LogP contribution is 2.32. The van der Waals surface area contributed by atoms with E-state index < -0.39 is 5.54 Å². The number of rotatable bonds is 4. The minimum Gasteiger partial charge on any atom is -0.354 e. The van der Waals surface area contributed by atoms with E-state index >= 15 is 0 Å². The Bertz CT molecular complexity index is 175. The number of amides is 1. The molecule has 1 saturated carbocycles. The maximum Gasteiger partial charge on any atom is 0.240 e. The second-order valence-corrected chi connectivity index (χ2v) is 3.88. The predicted octanol–water partition coefficient (Wildman–Crippen LogP) is 0.640. The van der Waals surface area contributed by atoms with Crippen LogP contribution in [0.15, 0.2) is 0 Å². The Morgan fingerprint density at radius 1 is 1.67 bits per heavy atom. The highest BCUT2D eigenvalue weighted by molar-refractivity contribution is 5.88. The molecule has 3 nitrogen and oxygen atoms in total. The Morgan fingerprint density at radius 2 is 2.25 bits per heavy atom. The monoisotopic (exact) mass is 170 g/mol. The third-order valence-corrected chi connectivity index (χ3v) is 2.55. The first kappa shape index (κ1) is 9.52. The van der Waals surface area contributed by atoms with Crippen molar-refractivity contribution in [1.29, 1.82) is 0 Å². The molecule has 70 valence electrons. The van der Waals surface area contributed by atoms with Crippen molar-refractivity contribution in [2.75, 3.05) is 6.54 Å². The minimum absolute atomic E-state index is 0.0304. The van der Waals surface area contributed by atoms with Crippen LogP contribution in [0.25, 0.3) is 0 Å². The lowest BCUT2D eigenvalue weighted by atomic mass is 10.1. The van der Waals surface area contributed by atoms with Crippen LogP contribution in [0, 0.1) is 5.92 Å². The van der Waals surface area contributed by atoms with Crippen LogP contribution in [-0.2, 0) is 4.79 Å². The second kappa shape index (κ2) is 3.44. The molecule has 1 atom stereocenters. The van der Waals surface area contributed by atoms with E-state index in [0.29, 0.717) is 5.92 Å². The fraction of sp³-hybridized carbons (Fsp3) is 0.889. The van der Waals surface area contributed by atoms with Gasteiger partial charge in [-0.2, -0.15) is 0 Å². The molecule has 0 bridgehead atoms. The van der Waals surface area contributed by atoms with Crippen LogP contribution in [0.2, 0.25) is 0 Å². The molecule has 1 aliphatic rings. The highest BCUT2D eigenvalue weighted by atomic mass is 16.2. The van der Waals surface area contributed by atoms with E-state index in [2.05, 4.69) is 19.2 Å². The number of nitrogens with two attached hydrogens (primary N) is 1. The molecule has 1 amide bonds. The van der Waals surface area contributed by atoms with Crippen molar-refractivity contribution in [3.8, 4) is 0 Å². The van der Waals surface area contributed by atoms with Crippen LogP contribution < -0.4 is 11.1 Å². The molecule has 0 spiro atoms. The zero-order valence-corrected chi connectivity index (χ0v) is 7.89. The van der Waals surface area contributed by atoms with E-state index in [1.54, 1.807) is 0 Å². The van der Waals surface area contributed by atoms with Crippen molar-refractivity contribution < 1.29 is 4.79 Å². The summed E-state index contributed by atoms with van der Waals surface area (Å²) < 4.78 is 0. The van der Waals surface area contributed by atoms with Gasteiger partial charge in [0.25, 0.3) is 0 Å². The maximum absolute atomic E-state index is 11.3. The fourth-order valence-corrected chi connectivity index (χ4v) is 0.949. The van der Waals surface area contributed by atoms with Gasteiger partial charge < -0.3 is 11.1 Å². The number of hydrogen-bond acceptors (Lipinski definition) is 2. The molecule has 3 heteroatoms. The molecule has 0 aromatic rings. The van der Waals surface area contributed by atoms with E-state index in [0.717, 1.165) is 25.8 Å². The Labute approximate surface area is 73.7 Å². The fourth-order valence-electron chi connectivity index (χ4n) is 0.949. The van der Waals surface area contributed by atoms with Crippen molar-refractivity contribution in [2.24, 2.45) is 11.7 Å². The van der Waals surface area contributed by atoms with Gasteiger partial charge in [-0.1, -0.05) is 20.3 Å². The Balaban J connectivity index is 2.19. The summed E-state index contributed by atoms with van der Waals surface area (Å²) in [5.74, 6) is 0.583. The summed E-state index contributed by atoms with van der Waals surface area (Å²) in [6.07, 6.45) is 2.79. The van der Waals surface area contributed by atoms with Crippen LogP contribution >= 0.6 is 0 Å². The van der Waals surface area contributed by atoms with Crippen molar-refractivity contribution in [2.45, 2.75) is 38.6 Å². The molecule has 1 rings (SSSR count). The average molecular weight is 170 g/mol. The Morgan fingerprint density at radius 3 is 2.67 bits per heavy atom. The summed E-state index contributed by atoms with van der Waals surface area (Å²) in [4.78, 5) is 11.3. The molecule has 0 radical (unpaired) electrons. The molecule has 0 saturated heterocycles. The lowest BCUT2D eigenvalue weighted by molar-refractivity contribution is -0.123. The van der Waals surface area contributed by atoms with Gasteiger partial charge in [-0.05, 0) is 18.8 Å². The second-order valence-electron chi connectivity index (χ2n) is 3.88. The predicted molar refractivity (Wildman–Crippen MR) is 48.6 cm³/mol. The summed E-state index contributed by atoms with van der Waals surface area (Å²) in [6.45, 7) is 5.00. The van der Waals surface area contributed by atoms with Gasteiger partial charge in [-0.25, -0.2) is 0 Å². The zero-order valence-electron chi connectivity index (χ0n) is 7.89. The molecule has 0 aromatic heterocycles. The summed E-state index contributed by atoms with van der Waals surface area (Å²) in [5.41, 5.74) is 5.20. The van der Waals surface area contributed by atoms with Gasteiger partial charge >= 0.3 is 0 Å². The molecule has 1 fully saturated rings. The van der Waals surface area contributed by atoms with Crippen LogP contribution in [0.3, 0.4) is 0 Å². The van der Waals surface area contributed by atoms with E-state index in [1.165, 1.54) is 0 Å². The van der Waals surface area contributed by atoms with Crippen molar-refractivity contribution >= 4 is 5.91 Å². The van der Waals surface area contributed by atoms with Crippen LogP contribution in [0.5, 0.6) is 0 Å². The molecular formula is C9H18N2O. The lowest BCUT2D eigenvalue weighted by Crippen LogP contribution is -2.44. The molecule has 1 unspecified atom stereocenters. The summed E-state index contributed by atoms with van der Waals surface area (Å²) in [5, 5.41) is 2.87. The molecular weight excluding hydrogens is 152 g/mol. The molecule has 3 N–H and O–H groups in total. The number of nitrogens with one attached hydrogen (secondary N) is 1. The first-order valence-electron chi connectivity index (χ1n) is 4.65. The zero-order chi connectivity index (χ0) is 9.19. The summed E-state index contributed by atoms with van der Waals surface area (Å²) in [7, 11) is 0. The van der Waals surface area contributed by atoms with Crippen molar-refractivity contribution in [3.05, 3.63) is 0 Å². The Kier molecular flexibility index (Phi) is 2.73. The first-order valence-corrected chi connectivity index (χ1v) is 4.65. The standard InChI is InChI=1S/C9H18N2O/c1-3-7(2)6-11-8(12)9(10)4-5-9/h7H,3-6,10H2,1-2H3,(H,11,12). The van der Waals surface area contributed by atoms with Gasteiger partial charge in [0.1, 0.15) is 0 Å². The number of hydrogen-bond donors (Lipinski definition) is 2. The molecule has 0 heterocycles. The van der Waals surface area contributed by atoms with Crippen LogP contribution in [-0.4, -0.2) is 18.0 Å². The summed E-state index contributed by atoms with van der Waals surface area (Å²) >= 11 is 0. The normalized spacial score (nSPS) is 21.6. The van der Waals surface area contributed by atoms with E-state index in [9.17, 15) is 4.79 Å². The van der Waals surface area contributed by atoms with Crippen molar-refractivity contribution in [1.82, 2.24) is 5.32 Å². The van der Waals surface area contributed by atoms with Crippen LogP contribution in [0.4, 0.5) is 0 Å². The lowest BCUT2D eigenvalue weighted by Gasteiger charge is -2.13. The Hall–Kier alpha value is -0.570. The highest BCUT2D eigenvalue weighted by Gasteiger charge is 2.45. The SMILES string of the molecule is CCC(C)CNC(=O)C1(N)CC1. The number of carbonyl (C=O) groups excluding carboxylic acids is 1. The minimum atomic E-state index is -0.506. The third kappa shape index (κ3) is 2.21. The van der Waals surface area contributed by atoms with Gasteiger partial charge in [0, 0.05) is 6.54 Å². The van der Waals surface area contributed by atoms with E-state index in [4.69, 9.17) is 5.73 Å². The molecule has 1 aliphatic carbocycles. The average Bonchev–Trinajstić information content (AvgIpc) is 2.80. The largest absolute Gasteiger partial charge is 0.354 e. The first-order chi connectivity index (χ1) is 5.58. The van der Waals surface area contributed by atoms with Gasteiger partial charge in [-0.15, -0.1) is 0 Å². The molecule has 0 aromatic carbocycles. The summed E-state index contributed by atoms with van der Waals surface area (Å²) in [6, 6.07) is 0. The number of carbonyl (C=O) groups is 1. The topological polar surface area (TPSA) is 55.1 Å². The molecule has 12 heavy (non-hydrogen) atoms. The van der Waals surface area contributed by atoms with E-state index in [-0.39, 0.29) is 5.91 Å². The molecule has 0 aliphatic heterocycles. The smallest absolute Gasteiger partial charge is 0.240 e. The van der Waals surface area contributed by atoms with E-state index in [1.807, 2.05) is 0 Å². The van der Waals surface area contributed by atoms with Gasteiger partial charge in [-0.3, -0.25) is 4.79 Å². The third-order valence-electron chi connectivity index (χ3n) is 2.55. The van der Waals surface area contributed by atoms with Gasteiger partial charge in [0.2, 0.25) is 5.91 Å². The maximum atomic E-state index is 11.3. The van der Waals surface area contributed by atoms with Crippen LogP contribution in [0.1, 0.15) is 33.1 Å². The van der Waals surface area contributed by atoms with Gasteiger partial charge in [0.15, 0.2) is 0 Å². The quantitative estimate of drug-likeness (QED) is 0.650.